The minimum Gasteiger partial charge on any atom is -0.449 e. The highest BCUT2D eigenvalue weighted by Gasteiger charge is 2.47. The molecule has 1 saturated carbocycles. The number of piperazine rings is 1. The van der Waals surface area contributed by atoms with Crippen LogP contribution >= 0.6 is 0 Å². The number of hydroxylamine groups is 1. The van der Waals surface area contributed by atoms with Crippen molar-refractivity contribution in [3.63, 3.8) is 0 Å². The third-order valence-electron chi connectivity index (χ3n) is 4.87. The summed E-state index contributed by atoms with van der Waals surface area (Å²) in [5.74, 6) is 0.449. The third-order valence-corrected chi connectivity index (χ3v) is 4.87. The summed E-state index contributed by atoms with van der Waals surface area (Å²) in [6, 6.07) is 0.284. The van der Waals surface area contributed by atoms with Gasteiger partial charge in [-0.25, -0.2) is 20.2 Å². The fourth-order valence-electron chi connectivity index (χ4n) is 3.34. The first-order chi connectivity index (χ1) is 11.7. The molecule has 0 radical (unpaired) electrons. The van der Waals surface area contributed by atoms with Crippen LogP contribution in [0.3, 0.4) is 0 Å². The van der Waals surface area contributed by atoms with Crippen molar-refractivity contribution in [2.75, 3.05) is 24.6 Å². The van der Waals surface area contributed by atoms with E-state index >= 15 is 0 Å². The standard InChI is InChI=1S/C15H19N5O4/c21-13(18-23)10-4-16-14(17-5-10)19-6-12-3-11(19)7-20(12)15(22)24-8-9-1-2-9/h4-5,9,11-12,23H,1-3,6-8H2,(H,18,21). The van der Waals surface area contributed by atoms with Crippen LogP contribution in [0.5, 0.6) is 0 Å². The van der Waals surface area contributed by atoms with Crippen LogP contribution in [0.1, 0.15) is 29.6 Å². The predicted octanol–water partition coefficient (Wildman–Crippen LogP) is 0.405. The van der Waals surface area contributed by atoms with E-state index in [9.17, 15) is 9.59 Å². The van der Waals surface area contributed by atoms with Gasteiger partial charge in [-0.3, -0.25) is 10.0 Å². The van der Waals surface area contributed by atoms with Gasteiger partial charge in [-0.2, -0.15) is 0 Å². The molecule has 128 valence electrons. The summed E-state index contributed by atoms with van der Waals surface area (Å²) in [6.07, 6.45) is 5.73. The summed E-state index contributed by atoms with van der Waals surface area (Å²) in [7, 11) is 0. The van der Waals surface area contributed by atoms with Crippen LogP contribution in [0, 0.1) is 5.92 Å². The molecule has 24 heavy (non-hydrogen) atoms. The van der Waals surface area contributed by atoms with Gasteiger partial charge in [-0.1, -0.05) is 0 Å². The third kappa shape index (κ3) is 2.75. The number of likely N-dealkylation sites (tertiary alicyclic amines) is 1. The molecular weight excluding hydrogens is 314 g/mol. The minimum absolute atomic E-state index is 0.116. The largest absolute Gasteiger partial charge is 0.449 e. The van der Waals surface area contributed by atoms with Crippen molar-refractivity contribution >= 4 is 17.9 Å². The lowest BCUT2D eigenvalue weighted by molar-refractivity contribution is 0.0705. The molecule has 2 bridgehead atoms. The Morgan fingerprint density at radius 2 is 2.00 bits per heavy atom. The van der Waals surface area contributed by atoms with Gasteiger partial charge in [0.2, 0.25) is 5.95 Å². The number of rotatable bonds is 4. The van der Waals surface area contributed by atoms with Gasteiger partial charge in [0.15, 0.2) is 0 Å². The fraction of sp³-hybridized carbons (Fsp3) is 0.600. The Labute approximate surface area is 138 Å². The number of amides is 2. The van der Waals surface area contributed by atoms with Crippen LogP contribution in [-0.2, 0) is 4.74 Å². The summed E-state index contributed by atoms with van der Waals surface area (Å²) in [6.45, 7) is 1.80. The van der Waals surface area contributed by atoms with Gasteiger partial charge in [0.1, 0.15) is 0 Å². The quantitative estimate of drug-likeness (QED) is 0.607. The van der Waals surface area contributed by atoms with Crippen LogP contribution in [0.15, 0.2) is 12.4 Å². The smallest absolute Gasteiger partial charge is 0.410 e. The van der Waals surface area contributed by atoms with Crippen LogP contribution in [0.25, 0.3) is 0 Å². The van der Waals surface area contributed by atoms with Crippen LogP contribution < -0.4 is 10.4 Å². The van der Waals surface area contributed by atoms with Gasteiger partial charge >= 0.3 is 6.09 Å². The molecule has 3 heterocycles. The lowest BCUT2D eigenvalue weighted by Crippen LogP contribution is -2.49. The maximum Gasteiger partial charge on any atom is 0.410 e. The molecule has 9 nitrogen and oxygen atoms in total. The maximum atomic E-state index is 12.1. The summed E-state index contributed by atoms with van der Waals surface area (Å²) in [4.78, 5) is 35.7. The molecular formula is C15H19N5O4. The Hall–Kier alpha value is -2.42. The molecule has 3 fully saturated rings. The minimum atomic E-state index is -0.644. The SMILES string of the molecule is O=C(NO)c1cnc(N2CC3CC2CN3C(=O)OCC2CC2)nc1. The van der Waals surface area contributed by atoms with Gasteiger partial charge in [0.25, 0.3) is 5.91 Å². The molecule has 2 amide bonds. The van der Waals surface area contributed by atoms with E-state index in [2.05, 4.69) is 14.9 Å². The van der Waals surface area contributed by atoms with Gasteiger partial charge < -0.3 is 14.5 Å². The van der Waals surface area contributed by atoms with E-state index in [-0.39, 0.29) is 23.7 Å². The van der Waals surface area contributed by atoms with Gasteiger partial charge in [-0.15, -0.1) is 0 Å². The number of nitrogens with zero attached hydrogens (tertiary/aromatic N) is 4. The molecule has 0 spiro atoms. The second-order valence-corrected chi connectivity index (χ2v) is 6.58. The number of carbonyl (C=O) groups is 2. The Morgan fingerprint density at radius 3 is 2.58 bits per heavy atom. The summed E-state index contributed by atoms with van der Waals surface area (Å²) >= 11 is 0. The zero-order valence-electron chi connectivity index (χ0n) is 13.1. The van der Waals surface area contributed by atoms with Gasteiger partial charge in [-0.05, 0) is 25.2 Å². The van der Waals surface area contributed by atoms with Gasteiger partial charge in [0, 0.05) is 25.5 Å². The van der Waals surface area contributed by atoms with Crippen LogP contribution in [-0.4, -0.2) is 63.9 Å². The van der Waals surface area contributed by atoms with Crippen molar-refractivity contribution in [2.45, 2.75) is 31.3 Å². The van der Waals surface area contributed by atoms with Crippen molar-refractivity contribution < 1.29 is 19.5 Å². The number of hydrogen-bond donors (Lipinski definition) is 2. The molecule has 2 N–H and O–H groups in total. The Bertz CT molecular complexity index is 648. The normalized spacial score (nSPS) is 25.0. The zero-order valence-corrected chi connectivity index (χ0v) is 13.1. The molecule has 1 aromatic heterocycles. The van der Waals surface area contributed by atoms with E-state index in [1.807, 2.05) is 0 Å². The average molecular weight is 333 g/mol. The van der Waals surface area contributed by atoms with Crippen molar-refractivity contribution in [2.24, 2.45) is 5.92 Å². The number of aromatic nitrogens is 2. The first kappa shape index (κ1) is 15.1. The number of hydrogen-bond acceptors (Lipinski definition) is 7. The number of fused-ring (bicyclic) bond motifs is 2. The van der Waals surface area contributed by atoms with E-state index in [1.165, 1.54) is 12.4 Å². The topological polar surface area (TPSA) is 108 Å². The second-order valence-electron chi connectivity index (χ2n) is 6.58. The molecule has 4 rings (SSSR count). The Kier molecular flexibility index (Phi) is 3.72. The highest BCUT2D eigenvalue weighted by molar-refractivity contribution is 5.92. The zero-order chi connectivity index (χ0) is 16.7. The van der Waals surface area contributed by atoms with E-state index in [1.54, 1.807) is 10.4 Å². The lowest BCUT2D eigenvalue weighted by atomic mass is 10.2. The fourth-order valence-corrected chi connectivity index (χ4v) is 3.34. The van der Waals surface area contributed by atoms with E-state index in [4.69, 9.17) is 9.94 Å². The first-order valence-corrected chi connectivity index (χ1v) is 8.12. The molecule has 2 unspecified atom stereocenters. The second kappa shape index (κ2) is 5.90. The van der Waals surface area contributed by atoms with Crippen molar-refractivity contribution in [1.82, 2.24) is 20.3 Å². The lowest BCUT2D eigenvalue weighted by Gasteiger charge is -2.33. The molecule has 2 aliphatic heterocycles. The maximum absolute atomic E-state index is 12.1. The summed E-state index contributed by atoms with van der Waals surface area (Å²) < 4.78 is 5.37. The number of ether oxygens (including phenoxy) is 1. The molecule has 2 atom stereocenters. The predicted molar refractivity (Wildman–Crippen MR) is 81.6 cm³/mol. The van der Waals surface area contributed by atoms with Crippen molar-refractivity contribution in [1.29, 1.82) is 0 Å². The first-order valence-electron chi connectivity index (χ1n) is 8.12. The molecule has 0 aromatic carbocycles. The number of carbonyl (C=O) groups excluding carboxylic acids is 2. The van der Waals surface area contributed by atoms with Crippen LogP contribution in [0.2, 0.25) is 0 Å². The molecule has 1 aliphatic carbocycles. The van der Waals surface area contributed by atoms with Crippen molar-refractivity contribution in [3.8, 4) is 0 Å². The number of nitrogens with one attached hydrogen (secondary N) is 1. The van der Waals surface area contributed by atoms with Gasteiger partial charge in [0.05, 0.1) is 24.3 Å². The summed E-state index contributed by atoms with van der Waals surface area (Å²) in [5, 5.41) is 8.60. The monoisotopic (exact) mass is 333 g/mol. The molecule has 9 heteroatoms. The van der Waals surface area contributed by atoms with Crippen molar-refractivity contribution in [3.05, 3.63) is 18.0 Å². The molecule has 2 saturated heterocycles. The van der Waals surface area contributed by atoms with Crippen LogP contribution in [0.4, 0.5) is 10.7 Å². The molecule has 1 aromatic rings. The van der Waals surface area contributed by atoms with E-state index in [0.29, 0.717) is 31.6 Å². The molecule has 3 aliphatic rings. The highest BCUT2D eigenvalue weighted by atomic mass is 16.6. The Balaban J connectivity index is 1.37. The van der Waals surface area contributed by atoms with E-state index in [0.717, 1.165) is 19.3 Å². The highest BCUT2D eigenvalue weighted by Crippen LogP contribution is 2.34. The van der Waals surface area contributed by atoms with E-state index < -0.39 is 5.91 Å². The Morgan fingerprint density at radius 1 is 1.25 bits per heavy atom. The summed E-state index contributed by atoms with van der Waals surface area (Å²) in [5.41, 5.74) is 1.74. The average Bonchev–Trinajstić information content (AvgIpc) is 3.23. The number of anilines is 1.